The molecule has 142 valence electrons. The first kappa shape index (κ1) is 17.8. The number of carbonyl (C=O) groups is 1. The van der Waals surface area contributed by atoms with Gasteiger partial charge < -0.3 is 10.0 Å². The molecule has 3 nitrogen and oxygen atoms in total. The summed E-state index contributed by atoms with van der Waals surface area (Å²) >= 11 is 0. The number of benzene rings is 1. The maximum Gasteiger partial charge on any atom is 0.416 e. The predicted octanol–water partition coefficient (Wildman–Crippen LogP) is 3.88. The smallest absolute Gasteiger partial charge is 0.390 e. The first-order valence-electron chi connectivity index (χ1n) is 9.18. The highest BCUT2D eigenvalue weighted by molar-refractivity contribution is 5.81. The van der Waals surface area contributed by atoms with Crippen molar-refractivity contribution in [1.82, 2.24) is 4.90 Å². The molecule has 6 heteroatoms. The third-order valence-electron chi connectivity index (χ3n) is 6.57. The first-order valence-corrected chi connectivity index (χ1v) is 9.18. The minimum Gasteiger partial charge on any atom is -0.390 e. The second-order valence-corrected chi connectivity index (χ2v) is 8.92. The molecule has 1 amide bonds. The Morgan fingerprint density at radius 3 is 2.35 bits per heavy atom. The molecule has 0 aromatic heterocycles. The predicted molar refractivity (Wildman–Crippen MR) is 90.5 cm³/mol. The van der Waals surface area contributed by atoms with Crippen molar-refractivity contribution in [2.24, 2.45) is 11.3 Å². The summed E-state index contributed by atoms with van der Waals surface area (Å²) in [7, 11) is 0. The second kappa shape index (κ2) is 5.47. The number of alkyl halides is 3. The van der Waals surface area contributed by atoms with Gasteiger partial charge in [0.15, 0.2) is 0 Å². The van der Waals surface area contributed by atoms with Crippen molar-refractivity contribution in [1.29, 1.82) is 0 Å². The van der Waals surface area contributed by atoms with Crippen LogP contribution in [0.1, 0.15) is 55.2 Å². The molecule has 2 saturated carbocycles. The maximum atomic E-state index is 13.1. The summed E-state index contributed by atoms with van der Waals surface area (Å²) in [4.78, 5) is 14.2. The van der Waals surface area contributed by atoms with Crippen LogP contribution in [0.2, 0.25) is 0 Å². The molecule has 1 aliphatic heterocycles. The van der Waals surface area contributed by atoms with E-state index in [4.69, 9.17) is 0 Å². The third-order valence-corrected chi connectivity index (χ3v) is 6.57. The largest absolute Gasteiger partial charge is 0.416 e. The fourth-order valence-corrected chi connectivity index (χ4v) is 5.22. The molecule has 1 aromatic carbocycles. The summed E-state index contributed by atoms with van der Waals surface area (Å²) in [5, 5.41) is 9.78. The zero-order valence-corrected chi connectivity index (χ0v) is 15.1. The maximum absolute atomic E-state index is 13.1. The summed E-state index contributed by atoms with van der Waals surface area (Å²) in [6.07, 6.45) is -1.56. The fraction of sp³-hybridized carbons (Fsp3) is 0.650. The van der Waals surface area contributed by atoms with Gasteiger partial charge in [0.1, 0.15) is 0 Å². The van der Waals surface area contributed by atoms with Gasteiger partial charge in [0, 0.05) is 24.4 Å². The lowest BCUT2D eigenvalue weighted by Gasteiger charge is -2.60. The topological polar surface area (TPSA) is 40.5 Å². The van der Waals surface area contributed by atoms with Crippen molar-refractivity contribution in [2.45, 2.75) is 57.2 Å². The van der Waals surface area contributed by atoms with Crippen LogP contribution in [0.4, 0.5) is 13.2 Å². The lowest BCUT2D eigenvalue weighted by molar-refractivity contribution is -0.168. The minimum atomic E-state index is -4.31. The van der Waals surface area contributed by atoms with E-state index < -0.39 is 17.3 Å². The van der Waals surface area contributed by atoms with Crippen LogP contribution in [-0.2, 0) is 11.0 Å². The van der Waals surface area contributed by atoms with Crippen molar-refractivity contribution in [3.05, 3.63) is 34.9 Å². The standard InChI is InChI=1S/C20H24F3NO2/c1-12-15(4-3-5-16(12)20(21,22)23)13-8-19(9-13)10-24(11-19)17(25)14-6-18(2,26)7-14/h3-5,13-14,26H,6-11H2,1-2H3/t14-,18+. The summed E-state index contributed by atoms with van der Waals surface area (Å²) in [6, 6.07) is 4.44. The number of hydrogen-bond donors (Lipinski definition) is 1. The van der Waals surface area contributed by atoms with E-state index in [1.165, 1.54) is 6.07 Å². The van der Waals surface area contributed by atoms with Crippen LogP contribution in [-0.4, -0.2) is 34.6 Å². The molecule has 0 radical (unpaired) electrons. The van der Waals surface area contributed by atoms with Gasteiger partial charge in [-0.3, -0.25) is 4.79 Å². The van der Waals surface area contributed by atoms with E-state index in [-0.39, 0.29) is 23.2 Å². The van der Waals surface area contributed by atoms with Crippen LogP contribution in [0.3, 0.4) is 0 Å². The lowest BCUT2D eigenvalue weighted by atomic mass is 9.55. The number of amides is 1. The molecule has 1 aromatic rings. The highest BCUT2D eigenvalue weighted by atomic mass is 19.4. The summed E-state index contributed by atoms with van der Waals surface area (Å²) < 4.78 is 39.3. The molecular weight excluding hydrogens is 343 g/mol. The number of likely N-dealkylation sites (tertiary alicyclic amines) is 1. The normalized spacial score (nSPS) is 30.5. The Labute approximate surface area is 151 Å². The average Bonchev–Trinajstić information content (AvgIpc) is 2.41. The molecule has 2 aliphatic carbocycles. The molecule has 0 bridgehead atoms. The fourth-order valence-electron chi connectivity index (χ4n) is 5.22. The van der Waals surface area contributed by atoms with Gasteiger partial charge in [-0.2, -0.15) is 13.2 Å². The summed E-state index contributed by atoms with van der Waals surface area (Å²) in [5.41, 5.74) is -0.0221. The van der Waals surface area contributed by atoms with Gasteiger partial charge in [0.05, 0.1) is 11.2 Å². The number of hydrogen-bond acceptors (Lipinski definition) is 2. The Morgan fingerprint density at radius 1 is 1.19 bits per heavy atom. The van der Waals surface area contributed by atoms with E-state index in [0.717, 1.165) is 24.5 Å². The SMILES string of the molecule is Cc1c(C2CC3(C2)CN(C(=O)[C@H]2C[C@@](C)(O)C2)C3)cccc1C(F)(F)F. The van der Waals surface area contributed by atoms with Crippen LogP contribution < -0.4 is 0 Å². The Hall–Kier alpha value is -1.56. The van der Waals surface area contributed by atoms with Gasteiger partial charge in [-0.1, -0.05) is 12.1 Å². The number of carbonyl (C=O) groups excluding carboxylic acids is 1. The zero-order valence-electron chi connectivity index (χ0n) is 15.1. The van der Waals surface area contributed by atoms with Gasteiger partial charge in [-0.05, 0) is 62.6 Å². The minimum absolute atomic E-state index is 0.0658. The molecule has 3 fully saturated rings. The van der Waals surface area contributed by atoms with E-state index in [9.17, 15) is 23.1 Å². The Balaban J connectivity index is 1.35. The van der Waals surface area contributed by atoms with Gasteiger partial charge in [-0.25, -0.2) is 0 Å². The second-order valence-electron chi connectivity index (χ2n) is 8.92. The monoisotopic (exact) mass is 367 g/mol. The molecular formula is C20H24F3NO2. The van der Waals surface area contributed by atoms with Crippen LogP contribution in [0.25, 0.3) is 0 Å². The quantitative estimate of drug-likeness (QED) is 0.862. The van der Waals surface area contributed by atoms with Crippen LogP contribution >= 0.6 is 0 Å². The van der Waals surface area contributed by atoms with Crippen molar-refractivity contribution < 1.29 is 23.1 Å². The number of rotatable bonds is 2. The van der Waals surface area contributed by atoms with Crippen LogP contribution in [0, 0.1) is 18.3 Å². The van der Waals surface area contributed by atoms with E-state index >= 15 is 0 Å². The van der Waals surface area contributed by atoms with Crippen molar-refractivity contribution in [3.63, 3.8) is 0 Å². The molecule has 0 atom stereocenters. The number of nitrogens with zero attached hydrogens (tertiary/aromatic N) is 1. The lowest BCUT2D eigenvalue weighted by Crippen LogP contribution is -2.65. The van der Waals surface area contributed by atoms with Crippen molar-refractivity contribution >= 4 is 5.91 Å². The Kier molecular flexibility index (Phi) is 3.75. The molecule has 1 saturated heterocycles. The van der Waals surface area contributed by atoms with Gasteiger partial charge in [0.2, 0.25) is 5.91 Å². The van der Waals surface area contributed by atoms with Gasteiger partial charge in [-0.15, -0.1) is 0 Å². The first-order chi connectivity index (χ1) is 12.0. The molecule has 1 heterocycles. The Morgan fingerprint density at radius 2 is 1.81 bits per heavy atom. The van der Waals surface area contributed by atoms with E-state index in [0.29, 0.717) is 31.5 Å². The van der Waals surface area contributed by atoms with E-state index in [1.54, 1.807) is 19.9 Å². The summed E-state index contributed by atoms with van der Waals surface area (Å²) in [6.45, 7) is 4.72. The van der Waals surface area contributed by atoms with Crippen molar-refractivity contribution in [3.8, 4) is 0 Å². The Bertz CT molecular complexity index is 734. The molecule has 26 heavy (non-hydrogen) atoms. The van der Waals surface area contributed by atoms with Crippen LogP contribution in [0.15, 0.2) is 18.2 Å². The van der Waals surface area contributed by atoms with Gasteiger partial charge in [0.25, 0.3) is 0 Å². The molecule has 1 N–H and O–H groups in total. The highest BCUT2D eigenvalue weighted by Gasteiger charge is 2.56. The molecule has 1 spiro atoms. The average molecular weight is 367 g/mol. The van der Waals surface area contributed by atoms with Crippen LogP contribution in [0.5, 0.6) is 0 Å². The zero-order chi connectivity index (χ0) is 18.9. The van der Waals surface area contributed by atoms with E-state index in [1.807, 2.05) is 4.90 Å². The van der Waals surface area contributed by atoms with E-state index in [2.05, 4.69) is 0 Å². The molecule has 0 unspecified atom stereocenters. The van der Waals surface area contributed by atoms with Crippen molar-refractivity contribution in [2.75, 3.05) is 13.1 Å². The number of halogens is 3. The summed E-state index contributed by atoms with van der Waals surface area (Å²) in [5.74, 6) is 0.212. The number of aliphatic hydroxyl groups is 1. The highest BCUT2D eigenvalue weighted by Crippen LogP contribution is 2.57. The molecule has 4 rings (SSSR count). The van der Waals surface area contributed by atoms with Gasteiger partial charge >= 0.3 is 6.18 Å². The third kappa shape index (κ3) is 2.82. The molecule has 3 aliphatic rings.